The number of aliphatic imine (C=N–C) groups is 1. The van der Waals surface area contributed by atoms with Crippen LogP contribution in [0.5, 0.6) is 0 Å². The number of ether oxygens (including phenoxy) is 1. The molecule has 1 saturated heterocycles. The van der Waals surface area contributed by atoms with Gasteiger partial charge in [0.2, 0.25) is 0 Å². The number of hydrogen-bond acceptors (Lipinski definition) is 4. The van der Waals surface area contributed by atoms with Gasteiger partial charge >= 0.3 is 12.1 Å². The van der Waals surface area contributed by atoms with Crippen LogP contribution in [-0.4, -0.2) is 67.9 Å². The van der Waals surface area contributed by atoms with Gasteiger partial charge in [0.1, 0.15) is 5.60 Å². The molecule has 0 aromatic heterocycles. The number of carbonyl (C=O) groups is 1. The molecule has 164 valence electrons. The average Bonchev–Trinajstić information content (AvgIpc) is 2.96. The Morgan fingerprint density at radius 1 is 1.18 bits per heavy atom. The second-order valence-corrected chi connectivity index (χ2v) is 8.23. The number of carbonyl (C=O) groups excluding carboxylic acids is 1. The predicted octanol–water partition coefficient (Wildman–Crippen LogP) is 3.08. The van der Waals surface area contributed by atoms with E-state index in [2.05, 4.69) is 15.6 Å². The summed E-state index contributed by atoms with van der Waals surface area (Å²) in [6, 6.07) is -0.0256. The van der Waals surface area contributed by atoms with Crippen molar-refractivity contribution in [1.82, 2.24) is 15.5 Å². The molecule has 0 amide bonds. The molecule has 28 heavy (non-hydrogen) atoms. The summed E-state index contributed by atoms with van der Waals surface area (Å²) in [7, 11) is 1.65. The van der Waals surface area contributed by atoms with Gasteiger partial charge in [-0.2, -0.15) is 13.2 Å². The first-order valence-corrected chi connectivity index (χ1v) is 9.96. The van der Waals surface area contributed by atoms with Crippen molar-refractivity contribution < 1.29 is 22.7 Å². The zero-order chi connectivity index (χ0) is 21.2. The van der Waals surface area contributed by atoms with E-state index in [4.69, 9.17) is 4.74 Å². The van der Waals surface area contributed by atoms with Crippen LogP contribution >= 0.6 is 0 Å². The summed E-state index contributed by atoms with van der Waals surface area (Å²) in [6.45, 7) is 6.24. The molecule has 0 bridgehead atoms. The van der Waals surface area contributed by atoms with E-state index in [-0.39, 0.29) is 12.0 Å². The van der Waals surface area contributed by atoms with Gasteiger partial charge in [0.05, 0.1) is 6.54 Å². The molecule has 6 nitrogen and oxygen atoms in total. The summed E-state index contributed by atoms with van der Waals surface area (Å²) in [4.78, 5) is 17.2. The summed E-state index contributed by atoms with van der Waals surface area (Å²) in [5, 5.41) is 6.39. The van der Waals surface area contributed by atoms with Crippen LogP contribution in [0.3, 0.4) is 0 Å². The molecular weight excluding hydrogens is 373 g/mol. The number of hydrogen-bond donors (Lipinski definition) is 2. The molecule has 1 fully saturated rings. The van der Waals surface area contributed by atoms with E-state index < -0.39 is 18.3 Å². The van der Waals surface area contributed by atoms with Crippen molar-refractivity contribution in [3.63, 3.8) is 0 Å². The zero-order valence-corrected chi connectivity index (χ0v) is 17.5. The highest BCUT2D eigenvalue weighted by Gasteiger charge is 2.34. The van der Waals surface area contributed by atoms with Gasteiger partial charge in [0.25, 0.3) is 0 Å². The first-order chi connectivity index (χ1) is 13.0. The standard InChI is InChI=1S/C19H35F3N4O2/c1-18(2,3)28-16(27)9-7-5-6-8-11-24-17(23-4)25-15-10-12-26(13-15)14-19(20,21)22/h15H,5-14H2,1-4H3,(H2,23,24,25). The lowest BCUT2D eigenvalue weighted by Gasteiger charge is -2.20. The Hall–Kier alpha value is -1.51. The fourth-order valence-corrected chi connectivity index (χ4v) is 3.08. The quantitative estimate of drug-likeness (QED) is 0.266. The SMILES string of the molecule is CN=C(NCCCCCCC(=O)OC(C)(C)C)NC1CCN(CC(F)(F)F)C1. The Bertz CT molecular complexity index is 504. The van der Waals surface area contributed by atoms with E-state index in [9.17, 15) is 18.0 Å². The van der Waals surface area contributed by atoms with E-state index in [1.54, 1.807) is 7.05 Å². The maximum absolute atomic E-state index is 12.5. The van der Waals surface area contributed by atoms with Gasteiger partial charge in [-0.05, 0) is 40.0 Å². The molecule has 1 aliphatic heterocycles. The van der Waals surface area contributed by atoms with Crippen LogP contribution in [0, 0.1) is 0 Å². The smallest absolute Gasteiger partial charge is 0.401 e. The van der Waals surface area contributed by atoms with Gasteiger partial charge in [-0.25, -0.2) is 0 Å². The minimum atomic E-state index is -4.15. The second-order valence-electron chi connectivity index (χ2n) is 8.23. The molecule has 0 saturated carbocycles. The van der Waals surface area contributed by atoms with E-state index in [1.165, 1.54) is 4.90 Å². The van der Waals surface area contributed by atoms with Crippen LogP contribution in [0.4, 0.5) is 13.2 Å². The third kappa shape index (κ3) is 12.0. The Morgan fingerprint density at radius 3 is 2.46 bits per heavy atom. The Balaban J connectivity index is 2.10. The number of unbranched alkanes of at least 4 members (excludes halogenated alkanes) is 3. The zero-order valence-electron chi connectivity index (χ0n) is 17.5. The third-order valence-electron chi connectivity index (χ3n) is 4.26. The number of rotatable bonds is 9. The normalized spacial score (nSPS) is 19.0. The lowest BCUT2D eigenvalue weighted by atomic mass is 10.1. The molecule has 9 heteroatoms. The van der Waals surface area contributed by atoms with E-state index >= 15 is 0 Å². The molecule has 0 radical (unpaired) electrons. The van der Waals surface area contributed by atoms with Gasteiger partial charge in [0, 0.05) is 39.1 Å². The first-order valence-electron chi connectivity index (χ1n) is 9.96. The fraction of sp³-hybridized carbons (Fsp3) is 0.895. The minimum Gasteiger partial charge on any atom is -0.460 e. The number of nitrogens with one attached hydrogen (secondary N) is 2. The van der Waals surface area contributed by atoms with Crippen molar-refractivity contribution in [1.29, 1.82) is 0 Å². The number of guanidine groups is 1. The molecule has 1 atom stereocenters. The number of likely N-dealkylation sites (tertiary alicyclic amines) is 1. The molecule has 1 aliphatic rings. The topological polar surface area (TPSA) is 66.0 Å². The summed E-state index contributed by atoms with van der Waals surface area (Å²) < 4.78 is 42.6. The molecule has 2 N–H and O–H groups in total. The summed E-state index contributed by atoms with van der Waals surface area (Å²) in [6.07, 6.45) is 0.611. The molecule has 1 heterocycles. The van der Waals surface area contributed by atoms with E-state index in [1.807, 2.05) is 20.8 Å². The molecule has 0 aliphatic carbocycles. The molecule has 0 aromatic rings. The highest BCUT2D eigenvalue weighted by molar-refractivity contribution is 5.80. The van der Waals surface area contributed by atoms with Gasteiger partial charge in [-0.15, -0.1) is 0 Å². The molecular formula is C19H35F3N4O2. The second kappa shape index (κ2) is 11.5. The minimum absolute atomic E-state index is 0.0256. The largest absolute Gasteiger partial charge is 0.460 e. The third-order valence-corrected chi connectivity index (χ3v) is 4.26. The maximum atomic E-state index is 12.5. The Labute approximate surface area is 166 Å². The lowest BCUT2D eigenvalue weighted by molar-refractivity contribution is -0.155. The van der Waals surface area contributed by atoms with Crippen LogP contribution < -0.4 is 10.6 Å². The summed E-state index contributed by atoms with van der Waals surface area (Å²) in [5.41, 5.74) is -0.438. The number of halogens is 3. The van der Waals surface area contributed by atoms with Gasteiger partial charge in [0.15, 0.2) is 5.96 Å². The van der Waals surface area contributed by atoms with Crippen LogP contribution in [0.2, 0.25) is 0 Å². The number of esters is 1. The number of alkyl halides is 3. The monoisotopic (exact) mass is 408 g/mol. The van der Waals surface area contributed by atoms with Crippen molar-refractivity contribution >= 4 is 11.9 Å². The van der Waals surface area contributed by atoms with Crippen molar-refractivity contribution in [2.24, 2.45) is 4.99 Å². The molecule has 0 spiro atoms. The van der Waals surface area contributed by atoms with Crippen LogP contribution in [0.25, 0.3) is 0 Å². The van der Waals surface area contributed by atoms with Crippen molar-refractivity contribution in [3.8, 4) is 0 Å². The van der Waals surface area contributed by atoms with Crippen molar-refractivity contribution in [2.75, 3.05) is 33.2 Å². The van der Waals surface area contributed by atoms with Gasteiger partial charge in [-0.1, -0.05) is 12.8 Å². The molecule has 0 aromatic carbocycles. The Morgan fingerprint density at radius 2 is 1.86 bits per heavy atom. The average molecular weight is 409 g/mol. The number of nitrogens with zero attached hydrogens (tertiary/aromatic N) is 2. The van der Waals surface area contributed by atoms with Gasteiger partial charge in [-0.3, -0.25) is 14.7 Å². The van der Waals surface area contributed by atoms with Crippen LogP contribution in [0.15, 0.2) is 4.99 Å². The van der Waals surface area contributed by atoms with E-state index in [0.717, 1.165) is 32.2 Å². The predicted molar refractivity (Wildman–Crippen MR) is 104 cm³/mol. The fourth-order valence-electron chi connectivity index (χ4n) is 3.08. The van der Waals surface area contributed by atoms with Crippen molar-refractivity contribution in [3.05, 3.63) is 0 Å². The van der Waals surface area contributed by atoms with Gasteiger partial charge < -0.3 is 15.4 Å². The Kier molecular flexibility index (Phi) is 10.1. The molecule has 1 rings (SSSR count). The van der Waals surface area contributed by atoms with Crippen LogP contribution in [0.1, 0.15) is 59.3 Å². The summed E-state index contributed by atoms with van der Waals surface area (Å²) in [5.74, 6) is 0.457. The summed E-state index contributed by atoms with van der Waals surface area (Å²) >= 11 is 0. The van der Waals surface area contributed by atoms with E-state index in [0.29, 0.717) is 31.9 Å². The highest BCUT2D eigenvalue weighted by atomic mass is 19.4. The molecule has 1 unspecified atom stereocenters. The lowest BCUT2D eigenvalue weighted by Crippen LogP contribution is -2.45. The first kappa shape index (κ1) is 24.5. The van der Waals surface area contributed by atoms with Crippen LogP contribution in [-0.2, 0) is 9.53 Å². The van der Waals surface area contributed by atoms with Crippen molar-refractivity contribution in [2.45, 2.75) is 77.1 Å². The maximum Gasteiger partial charge on any atom is 0.401 e. The highest BCUT2D eigenvalue weighted by Crippen LogP contribution is 2.19.